The molecular formula is C29H50ClN2O7P. The second-order valence-corrected chi connectivity index (χ2v) is 11.3. The third kappa shape index (κ3) is 27.2. The van der Waals surface area contributed by atoms with Gasteiger partial charge < -0.3 is 19.3 Å². The van der Waals surface area contributed by atoms with E-state index in [9.17, 15) is 14.2 Å². The number of nitrogens with one attached hydrogen (secondary N) is 1. The molecule has 40 heavy (non-hydrogen) atoms. The molecule has 4 N–H and O–H groups in total. The van der Waals surface area contributed by atoms with E-state index >= 15 is 0 Å². The number of benzene rings is 1. The molecule has 1 aromatic rings. The summed E-state index contributed by atoms with van der Waals surface area (Å²) in [5, 5.41) is 9.61. The second kappa shape index (κ2) is 25.5. The van der Waals surface area contributed by atoms with Crippen LogP contribution in [0.15, 0.2) is 59.4 Å². The van der Waals surface area contributed by atoms with Crippen molar-refractivity contribution in [2.24, 2.45) is 5.50 Å². The molecule has 0 saturated heterocycles. The Morgan fingerprint density at radius 3 is 2.00 bits per heavy atom. The maximum absolute atomic E-state index is 11.9. The number of aliphatic hydroxyl groups is 1. The summed E-state index contributed by atoms with van der Waals surface area (Å²) in [6, 6.07) is 8.67. The molecule has 0 fully saturated rings. The first kappa shape index (κ1) is 42.1. The highest BCUT2D eigenvalue weighted by atomic mass is 35.5. The normalized spacial score (nSPS) is 12.2. The molecule has 0 bridgehead atoms. The zero-order valence-corrected chi connectivity index (χ0v) is 27.4. The van der Waals surface area contributed by atoms with Crippen LogP contribution in [0.25, 0.3) is 0 Å². The zero-order chi connectivity index (χ0) is 31.7. The van der Waals surface area contributed by atoms with Gasteiger partial charge in [-0.05, 0) is 77.3 Å². The van der Waals surface area contributed by atoms with E-state index in [4.69, 9.17) is 26.9 Å². The number of carbonyl (C=O) groups excluding carboxylic acids is 2. The fourth-order valence-corrected chi connectivity index (χ4v) is 3.18. The minimum absolute atomic E-state index is 0.0389. The Bertz CT molecular complexity index is 972. The van der Waals surface area contributed by atoms with Crippen molar-refractivity contribution in [1.82, 2.24) is 5.09 Å². The van der Waals surface area contributed by atoms with Gasteiger partial charge in [0.1, 0.15) is 5.76 Å². The molecule has 0 aliphatic heterocycles. The number of nitrogens with two attached hydrogens (primary N) is 1. The zero-order valence-electron chi connectivity index (χ0n) is 25.7. The predicted molar refractivity (Wildman–Crippen MR) is 166 cm³/mol. The number of hydrogen-bond acceptors (Lipinski definition) is 7. The molecule has 230 valence electrons. The molecule has 0 heterocycles. The molecule has 1 aromatic carbocycles. The molecule has 1 unspecified atom stereocenters. The summed E-state index contributed by atoms with van der Waals surface area (Å²) in [4.78, 5) is 19.4. The molecule has 0 aliphatic rings. The Kier molecular flexibility index (Phi) is 26.9. The van der Waals surface area contributed by atoms with Gasteiger partial charge in [-0.2, -0.15) is 0 Å². The SMILES string of the molecule is CCOC(=O)Cl.CCOC(C)=O.CNP(N)(=O)CO/C(C=C(C)C)=C/C(C)=C/Cc1cccc(C(C)C)c1.CO. The molecule has 0 aromatic heterocycles. The number of ether oxygens (including phenoxy) is 3. The summed E-state index contributed by atoms with van der Waals surface area (Å²) < 4.78 is 26.2. The molecule has 1 atom stereocenters. The van der Waals surface area contributed by atoms with Crippen LogP contribution >= 0.6 is 19.0 Å². The Labute approximate surface area is 246 Å². The molecule has 0 spiro atoms. The highest BCUT2D eigenvalue weighted by molar-refractivity contribution is 7.59. The largest absolute Gasteiger partial charge is 0.483 e. The van der Waals surface area contributed by atoms with Crippen LogP contribution in [-0.4, -0.2) is 50.2 Å². The molecule has 0 radical (unpaired) electrons. The van der Waals surface area contributed by atoms with Crippen LogP contribution in [0.2, 0.25) is 0 Å². The summed E-state index contributed by atoms with van der Waals surface area (Å²) in [5.74, 6) is 0.977. The van der Waals surface area contributed by atoms with E-state index in [1.807, 2.05) is 32.9 Å². The van der Waals surface area contributed by atoms with Crippen molar-refractivity contribution in [3.63, 3.8) is 0 Å². The molecule has 11 heteroatoms. The average Bonchev–Trinajstić information content (AvgIpc) is 2.88. The molecular weight excluding hydrogens is 555 g/mol. The molecule has 1 rings (SSSR count). The summed E-state index contributed by atoms with van der Waals surface area (Å²) in [6.07, 6.45) is 6.86. The van der Waals surface area contributed by atoms with Crippen LogP contribution in [0.1, 0.15) is 72.4 Å². The van der Waals surface area contributed by atoms with E-state index in [1.54, 1.807) is 20.9 Å². The predicted octanol–water partition coefficient (Wildman–Crippen LogP) is 7.05. The van der Waals surface area contributed by atoms with Crippen molar-refractivity contribution in [3.8, 4) is 0 Å². The van der Waals surface area contributed by atoms with Crippen LogP contribution in [0.4, 0.5) is 4.79 Å². The Balaban J connectivity index is -0.000000806. The van der Waals surface area contributed by atoms with Crippen molar-refractivity contribution in [3.05, 3.63) is 70.5 Å². The number of esters is 1. The van der Waals surface area contributed by atoms with Crippen LogP contribution in [0.5, 0.6) is 0 Å². The first-order valence-corrected chi connectivity index (χ1v) is 15.2. The number of carbonyl (C=O) groups is 2. The highest BCUT2D eigenvalue weighted by Crippen LogP contribution is 2.30. The van der Waals surface area contributed by atoms with E-state index in [1.165, 1.54) is 18.1 Å². The van der Waals surface area contributed by atoms with E-state index < -0.39 is 12.9 Å². The van der Waals surface area contributed by atoms with Crippen LogP contribution in [0, 0.1) is 0 Å². The van der Waals surface area contributed by atoms with Crippen LogP contribution in [0.3, 0.4) is 0 Å². The minimum Gasteiger partial charge on any atom is -0.483 e. The molecule has 9 nitrogen and oxygen atoms in total. The smallest absolute Gasteiger partial charge is 0.403 e. The van der Waals surface area contributed by atoms with Gasteiger partial charge in [-0.1, -0.05) is 55.3 Å². The van der Waals surface area contributed by atoms with Crippen molar-refractivity contribution in [2.45, 2.75) is 67.7 Å². The van der Waals surface area contributed by atoms with Crippen molar-refractivity contribution in [2.75, 3.05) is 33.7 Å². The molecule has 0 aliphatic carbocycles. The van der Waals surface area contributed by atoms with E-state index in [2.05, 4.69) is 58.7 Å². The van der Waals surface area contributed by atoms with Crippen molar-refractivity contribution in [1.29, 1.82) is 0 Å². The fraction of sp³-hybridized carbons (Fsp3) is 0.517. The van der Waals surface area contributed by atoms with Gasteiger partial charge in [0.15, 0.2) is 6.35 Å². The van der Waals surface area contributed by atoms with Gasteiger partial charge in [-0.15, -0.1) is 0 Å². The third-order valence-corrected chi connectivity index (χ3v) is 5.86. The number of allylic oxidation sites excluding steroid dienone is 5. The van der Waals surface area contributed by atoms with Gasteiger partial charge >= 0.3 is 11.4 Å². The van der Waals surface area contributed by atoms with E-state index in [-0.39, 0.29) is 12.3 Å². The summed E-state index contributed by atoms with van der Waals surface area (Å²) in [5.41, 5.74) is 9.74. The average molecular weight is 605 g/mol. The van der Waals surface area contributed by atoms with Crippen LogP contribution < -0.4 is 10.6 Å². The summed E-state index contributed by atoms with van der Waals surface area (Å²) >= 11 is 4.72. The summed E-state index contributed by atoms with van der Waals surface area (Å²) in [7, 11) is -0.380. The standard InChI is InChI=1S/C21H33N2O2P.C4H8O2.C3H5ClO2.CH4O/c1-16(2)12-21(25-15-26(22,24)23-6)13-18(5)10-11-19-8-7-9-20(14-19)17(3)4;1-3-6-4(2)5;1-2-6-3(4)5;1-2/h7-10,12-14,17H,11,15H2,1-6H3,(H3,22,23,24);3H2,1-2H3;2H2,1H3;2H,1H3/b18-10+,21-13+;;;. The monoisotopic (exact) mass is 604 g/mol. The Morgan fingerprint density at radius 2 is 1.62 bits per heavy atom. The van der Waals surface area contributed by atoms with Crippen LogP contribution in [-0.2, 0) is 30.0 Å². The second-order valence-electron chi connectivity index (χ2n) is 8.71. The lowest BCUT2D eigenvalue weighted by molar-refractivity contribution is -0.140. The number of aliphatic hydroxyl groups excluding tert-OH is 1. The van der Waals surface area contributed by atoms with Gasteiger partial charge in [0, 0.05) is 25.6 Å². The first-order valence-electron chi connectivity index (χ1n) is 12.9. The maximum atomic E-state index is 11.9. The number of halogens is 1. The lowest BCUT2D eigenvalue weighted by Crippen LogP contribution is -2.15. The van der Waals surface area contributed by atoms with E-state index in [0.29, 0.717) is 24.9 Å². The van der Waals surface area contributed by atoms with Gasteiger partial charge in [0.2, 0.25) is 7.44 Å². The third-order valence-electron chi connectivity index (χ3n) is 4.49. The van der Waals surface area contributed by atoms with Gasteiger partial charge in [0.05, 0.1) is 13.2 Å². The maximum Gasteiger partial charge on any atom is 0.403 e. The first-order chi connectivity index (χ1) is 18.7. The summed E-state index contributed by atoms with van der Waals surface area (Å²) in [6.45, 7) is 16.1. The lowest BCUT2D eigenvalue weighted by Gasteiger charge is -2.14. The van der Waals surface area contributed by atoms with E-state index in [0.717, 1.165) is 24.7 Å². The number of rotatable bonds is 11. The topological polar surface area (TPSA) is 137 Å². The lowest BCUT2D eigenvalue weighted by atomic mass is 9.99. The van der Waals surface area contributed by atoms with Crippen molar-refractivity contribution < 1.29 is 33.5 Å². The minimum atomic E-state index is -2.95. The Hall–Kier alpha value is -2.42. The fourth-order valence-electron chi connectivity index (χ4n) is 2.60. The Morgan fingerprint density at radius 1 is 1.05 bits per heavy atom. The quantitative estimate of drug-likeness (QED) is 0.0797. The van der Waals surface area contributed by atoms with Gasteiger partial charge in [-0.3, -0.25) is 20.0 Å². The number of hydrogen-bond donors (Lipinski definition) is 3. The van der Waals surface area contributed by atoms with Gasteiger partial charge in [-0.25, -0.2) is 4.79 Å². The molecule has 0 amide bonds. The highest BCUT2D eigenvalue weighted by Gasteiger charge is 2.13. The van der Waals surface area contributed by atoms with Gasteiger partial charge in [0.25, 0.3) is 0 Å². The van der Waals surface area contributed by atoms with Crippen molar-refractivity contribution >= 4 is 30.4 Å². The molecule has 0 saturated carbocycles.